The predicted octanol–water partition coefficient (Wildman–Crippen LogP) is 3.04. The molecule has 2 N–H and O–H groups in total. The van der Waals surface area contributed by atoms with Crippen LogP contribution in [0.15, 0.2) is 24.3 Å². The van der Waals surface area contributed by atoms with Crippen molar-refractivity contribution in [2.24, 2.45) is 0 Å². The van der Waals surface area contributed by atoms with Crippen molar-refractivity contribution in [2.75, 3.05) is 18.8 Å². The van der Waals surface area contributed by atoms with Crippen molar-refractivity contribution in [3.8, 4) is 0 Å². The summed E-state index contributed by atoms with van der Waals surface area (Å²) >= 11 is 0. The van der Waals surface area contributed by atoms with Gasteiger partial charge in [0.15, 0.2) is 0 Å². The van der Waals surface area contributed by atoms with Gasteiger partial charge >= 0.3 is 6.18 Å². The van der Waals surface area contributed by atoms with Crippen LogP contribution in [0.2, 0.25) is 0 Å². The van der Waals surface area contributed by atoms with Crippen LogP contribution < -0.4 is 5.73 Å². The molecule has 5 heteroatoms. The van der Waals surface area contributed by atoms with Crippen LogP contribution >= 0.6 is 0 Å². The SMILES string of the molecule is CCCN(Cc1cccc(N)c1)CC(F)(F)F. The van der Waals surface area contributed by atoms with Crippen molar-refractivity contribution in [3.63, 3.8) is 0 Å². The lowest BCUT2D eigenvalue weighted by atomic mass is 10.2. The summed E-state index contributed by atoms with van der Waals surface area (Å²) in [7, 11) is 0. The smallest absolute Gasteiger partial charge is 0.399 e. The fourth-order valence-corrected chi connectivity index (χ4v) is 1.73. The van der Waals surface area contributed by atoms with E-state index in [-0.39, 0.29) is 6.54 Å². The maximum Gasteiger partial charge on any atom is 0.401 e. The molecule has 0 aliphatic rings. The van der Waals surface area contributed by atoms with Crippen molar-refractivity contribution in [3.05, 3.63) is 29.8 Å². The molecule has 0 bridgehead atoms. The summed E-state index contributed by atoms with van der Waals surface area (Å²) in [5.74, 6) is 0. The van der Waals surface area contributed by atoms with Crippen LogP contribution in [0.5, 0.6) is 0 Å². The van der Waals surface area contributed by atoms with Gasteiger partial charge in [-0.3, -0.25) is 4.90 Å². The van der Waals surface area contributed by atoms with Gasteiger partial charge in [-0.05, 0) is 30.7 Å². The third-order valence-corrected chi connectivity index (χ3v) is 2.30. The lowest BCUT2D eigenvalue weighted by Gasteiger charge is -2.23. The number of nitrogen functional groups attached to an aromatic ring is 1. The molecule has 0 unspecified atom stereocenters. The van der Waals surface area contributed by atoms with E-state index in [1.165, 1.54) is 4.90 Å². The minimum Gasteiger partial charge on any atom is -0.399 e. The Kier molecular flexibility index (Phi) is 4.81. The second-order valence-electron chi connectivity index (χ2n) is 4.07. The topological polar surface area (TPSA) is 29.3 Å². The molecule has 96 valence electrons. The third-order valence-electron chi connectivity index (χ3n) is 2.30. The quantitative estimate of drug-likeness (QED) is 0.809. The van der Waals surface area contributed by atoms with Gasteiger partial charge in [0, 0.05) is 12.2 Å². The number of alkyl halides is 3. The molecule has 1 aromatic carbocycles. The zero-order chi connectivity index (χ0) is 12.9. The van der Waals surface area contributed by atoms with Gasteiger partial charge in [0.25, 0.3) is 0 Å². The first-order valence-corrected chi connectivity index (χ1v) is 5.54. The molecule has 0 spiro atoms. The maximum absolute atomic E-state index is 12.3. The largest absolute Gasteiger partial charge is 0.401 e. The standard InChI is InChI=1S/C12H17F3N2/c1-2-6-17(9-12(13,14)15)8-10-4-3-5-11(16)7-10/h3-5,7H,2,6,8-9,16H2,1H3. The first kappa shape index (κ1) is 13.8. The Labute approximate surface area is 99.2 Å². The molecule has 0 atom stereocenters. The fraction of sp³-hybridized carbons (Fsp3) is 0.500. The number of anilines is 1. The highest BCUT2D eigenvalue weighted by molar-refractivity contribution is 5.40. The van der Waals surface area contributed by atoms with Gasteiger partial charge < -0.3 is 5.73 Å². The third kappa shape index (κ3) is 5.58. The van der Waals surface area contributed by atoms with E-state index in [0.717, 1.165) is 5.56 Å². The Morgan fingerprint density at radius 2 is 2.00 bits per heavy atom. The molecular formula is C12H17F3N2. The molecule has 2 nitrogen and oxygen atoms in total. The Morgan fingerprint density at radius 1 is 1.29 bits per heavy atom. The van der Waals surface area contributed by atoms with Gasteiger partial charge in [-0.2, -0.15) is 13.2 Å². The van der Waals surface area contributed by atoms with E-state index in [1.54, 1.807) is 24.3 Å². The van der Waals surface area contributed by atoms with Gasteiger partial charge in [0.05, 0.1) is 6.54 Å². The Bertz CT molecular complexity index is 350. The number of nitrogens with two attached hydrogens (primary N) is 1. The first-order valence-electron chi connectivity index (χ1n) is 5.54. The maximum atomic E-state index is 12.3. The molecule has 0 saturated heterocycles. The van der Waals surface area contributed by atoms with Crippen LogP contribution in [0.3, 0.4) is 0 Å². The monoisotopic (exact) mass is 246 g/mol. The number of benzene rings is 1. The van der Waals surface area contributed by atoms with Crippen LogP contribution in [0, 0.1) is 0 Å². The van der Waals surface area contributed by atoms with Crippen molar-refractivity contribution in [1.29, 1.82) is 0 Å². The Morgan fingerprint density at radius 3 is 2.53 bits per heavy atom. The second-order valence-corrected chi connectivity index (χ2v) is 4.07. The molecule has 0 heterocycles. The Hall–Kier alpha value is -1.23. The number of halogens is 3. The van der Waals surface area contributed by atoms with Crippen LogP contribution in [0.1, 0.15) is 18.9 Å². The summed E-state index contributed by atoms with van der Waals surface area (Å²) in [6.45, 7) is 1.69. The highest BCUT2D eigenvalue weighted by Crippen LogP contribution is 2.18. The predicted molar refractivity (Wildman–Crippen MR) is 62.5 cm³/mol. The normalized spacial score (nSPS) is 12.1. The van der Waals surface area contributed by atoms with Gasteiger partial charge in [0.1, 0.15) is 0 Å². The van der Waals surface area contributed by atoms with E-state index in [9.17, 15) is 13.2 Å². The summed E-state index contributed by atoms with van der Waals surface area (Å²) in [6, 6.07) is 6.97. The molecule has 0 aromatic heterocycles. The summed E-state index contributed by atoms with van der Waals surface area (Å²) in [6.07, 6.45) is -3.46. The lowest BCUT2D eigenvalue weighted by molar-refractivity contribution is -0.147. The summed E-state index contributed by atoms with van der Waals surface area (Å²) in [5.41, 5.74) is 6.98. The lowest BCUT2D eigenvalue weighted by Crippen LogP contribution is -2.34. The van der Waals surface area contributed by atoms with E-state index < -0.39 is 12.7 Å². The summed E-state index contributed by atoms with van der Waals surface area (Å²) < 4.78 is 37.0. The Balaban J connectivity index is 2.66. The van der Waals surface area contributed by atoms with Crippen LogP contribution in [-0.2, 0) is 6.54 Å². The number of nitrogens with zero attached hydrogens (tertiary/aromatic N) is 1. The summed E-state index contributed by atoms with van der Waals surface area (Å²) in [4.78, 5) is 1.38. The van der Waals surface area contributed by atoms with E-state index in [1.807, 2.05) is 6.92 Å². The van der Waals surface area contributed by atoms with Crippen molar-refractivity contribution in [2.45, 2.75) is 26.1 Å². The van der Waals surface area contributed by atoms with Crippen molar-refractivity contribution in [1.82, 2.24) is 4.90 Å². The van der Waals surface area contributed by atoms with E-state index >= 15 is 0 Å². The van der Waals surface area contributed by atoms with Gasteiger partial charge in [-0.1, -0.05) is 19.1 Å². The minimum atomic E-state index is -4.16. The van der Waals surface area contributed by atoms with Crippen LogP contribution in [0.4, 0.5) is 18.9 Å². The molecule has 0 fully saturated rings. The summed E-state index contributed by atoms with van der Waals surface area (Å²) in [5, 5.41) is 0. The van der Waals surface area contributed by atoms with E-state index in [4.69, 9.17) is 5.73 Å². The van der Waals surface area contributed by atoms with Crippen molar-refractivity contribution >= 4 is 5.69 Å². The van der Waals surface area contributed by atoms with Crippen LogP contribution in [-0.4, -0.2) is 24.2 Å². The van der Waals surface area contributed by atoms with E-state index in [2.05, 4.69) is 0 Å². The molecule has 0 aliphatic carbocycles. The first-order chi connectivity index (χ1) is 7.90. The van der Waals surface area contributed by atoms with Gasteiger partial charge in [-0.15, -0.1) is 0 Å². The molecule has 0 radical (unpaired) electrons. The highest BCUT2D eigenvalue weighted by Gasteiger charge is 2.30. The molecule has 1 rings (SSSR count). The van der Waals surface area contributed by atoms with Crippen molar-refractivity contribution < 1.29 is 13.2 Å². The van der Waals surface area contributed by atoms with Gasteiger partial charge in [0.2, 0.25) is 0 Å². The zero-order valence-corrected chi connectivity index (χ0v) is 9.80. The second kappa shape index (κ2) is 5.91. The number of rotatable bonds is 5. The van der Waals surface area contributed by atoms with Crippen LogP contribution in [0.25, 0.3) is 0 Å². The molecule has 1 aromatic rings. The van der Waals surface area contributed by atoms with E-state index in [0.29, 0.717) is 18.7 Å². The highest BCUT2D eigenvalue weighted by atomic mass is 19.4. The molecule has 0 amide bonds. The molecule has 0 aliphatic heterocycles. The molecule has 0 saturated carbocycles. The average molecular weight is 246 g/mol. The molecule has 17 heavy (non-hydrogen) atoms. The zero-order valence-electron chi connectivity index (χ0n) is 9.80. The minimum absolute atomic E-state index is 0.276. The number of hydrogen-bond acceptors (Lipinski definition) is 2. The fourth-order valence-electron chi connectivity index (χ4n) is 1.73. The number of hydrogen-bond donors (Lipinski definition) is 1. The van der Waals surface area contributed by atoms with Gasteiger partial charge in [-0.25, -0.2) is 0 Å². The average Bonchev–Trinajstić information content (AvgIpc) is 2.15. The molecular weight excluding hydrogens is 229 g/mol.